The molecule has 0 aromatic heterocycles. The molecule has 0 aliphatic carbocycles. The predicted octanol–water partition coefficient (Wildman–Crippen LogP) is 1.97. The summed E-state index contributed by atoms with van der Waals surface area (Å²) in [6.45, 7) is 5.75. The normalized spacial score (nSPS) is 26.2. The van der Waals surface area contributed by atoms with E-state index < -0.39 is 120 Å². The van der Waals surface area contributed by atoms with E-state index in [1.807, 2.05) is 0 Å². The van der Waals surface area contributed by atoms with Gasteiger partial charge >= 0.3 is 18.4 Å². The van der Waals surface area contributed by atoms with E-state index in [0.29, 0.717) is 6.07 Å². The number of aliphatic hydroxyl groups excluding tert-OH is 1. The molecule has 7 amide bonds. The summed E-state index contributed by atoms with van der Waals surface area (Å²) in [4.78, 5) is 101. The van der Waals surface area contributed by atoms with Crippen molar-refractivity contribution in [2.75, 3.05) is 25.5 Å². The van der Waals surface area contributed by atoms with Crippen molar-refractivity contribution in [2.45, 2.75) is 108 Å². The number of cyclic esters (lactones) is 1. The summed E-state index contributed by atoms with van der Waals surface area (Å²) in [5, 5.41) is 20.4. The van der Waals surface area contributed by atoms with Gasteiger partial charge in [0, 0.05) is 38.3 Å². The minimum atomic E-state index is -4.99. The van der Waals surface area contributed by atoms with Gasteiger partial charge in [0.05, 0.1) is 6.10 Å². The number of amides is 7. The third-order valence-corrected chi connectivity index (χ3v) is 10.8. The summed E-state index contributed by atoms with van der Waals surface area (Å²) in [6, 6.07) is -3.54. The average molecular weight is 882 g/mol. The van der Waals surface area contributed by atoms with Gasteiger partial charge in [0.15, 0.2) is 0 Å². The van der Waals surface area contributed by atoms with Crippen molar-refractivity contribution in [1.82, 2.24) is 30.7 Å². The molecule has 3 fully saturated rings. The summed E-state index contributed by atoms with van der Waals surface area (Å²) in [6.07, 6.45) is -8.05. The lowest BCUT2D eigenvalue weighted by Gasteiger charge is -2.37. The third kappa shape index (κ3) is 11.4. The second-order valence-corrected chi connectivity index (χ2v) is 15.7. The molecule has 0 bridgehead atoms. The van der Waals surface area contributed by atoms with Crippen LogP contribution < -0.4 is 26.0 Å². The topological polar surface area (TPSA) is 216 Å². The molecule has 0 spiro atoms. The smallest absolute Gasteiger partial charge is 0.458 e. The second-order valence-electron chi connectivity index (χ2n) is 15.7. The minimum absolute atomic E-state index is 0.0411. The monoisotopic (exact) mass is 881 g/mol. The van der Waals surface area contributed by atoms with Crippen molar-refractivity contribution in [3.8, 4) is 5.75 Å². The first-order valence-corrected chi connectivity index (χ1v) is 19.8. The highest BCUT2D eigenvalue weighted by Crippen LogP contribution is 2.28. The van der Waals surface area contributed by atoms with Crippen molar-refractivity contribution in [1.29, 1.82) is 0 Å². The Hall–Kier alpha value is -6.06. The van der Waals surface area contributed by atoms with Crippen LogP contribution in [0.3, 0.4) is 0 Å². The van der Waals surface area contributed by atoms with Gasteiger partial charge < -0.3 is 50.5 Å². The number of likely N-dealkylation sites (N-methyl/N-ethyl adjacent to an activating group) is 1. The highest BCUT2D eigenvalue weighted by atomic mass is 19.4. The van der Waals surface area contributed by atoms with Gasteiger partial charge in [0.1, 0.15) is 59.7 Å². The Balaban J connectivity index is 1.49. The molecule has 3 aliphatic heterocycles. The maximum atomic E-state index is 14.6. The SMILES string of the molecule is C[C@H]1C[C@H]2C(=O)O[C@@H](C)[C@H](NC(=O)[C@H](Cc3cc(F)cc(F)c3)NC(=O)Nc3ccc(OC(F)(F)F)cc3)C(=O)N3CCC[C@H]3C(=O)N(C)[C@@H]([C@H](C)O)C(=O)N[C@@H](C)C(=O)N2C1. The first kappa shape index (κ1) is 47.0. The van der Waals surface area contributed by atoms with Crippen LogP contribution in [-0.4, -0.2) is 136 Å². The number of urea groups is 1. The number of anilines is 1. The van der Waals surface area contributed by atoms with E-state index in [-0.39, 0.29) is 49.5 Å². The van der Waals surface area contributed by atoms with E-state index in [2.05, 4.69) is 26.0 Å². The van der Waals surface area contributed by atoms with E-state index in [4.69, 9.17) is 4.74 Å². The molecule has 62 heavy (non-hydrogen) atoms. The number of halogens is 5. The maximum Gasteiger partial charge on any atom is 0.573 e. The molecule has 2 aromatic rings. The first-order chi connectivity index (χ1) is 29.0. The summed E-state index contributed by atoms with van der Waals surface area (Å²) in [5.74, 6) is -8.21. The summed E-state index contributed by atoms with van der Waals surface area (Å²) < 4.78 is 76.2. The van der Waals surface area contributed by atoms with Gasteiger partial charge in [0.25, 0.3) is 0 Å². The van der Waals surface area contributed by atoms with Gasteiger partial charge in [-0.25, -0.2) is 18.4 Å². The molecule has 5 N–H and O–H groups in total. The highest BCUT2D eigenvalue weighted by Gasteiger charge is 2.47. The van der Waals surface area contributed by atoms with Gasteiger partial charge in [-0.05, 0) is 87.9 Å². The maximum absolute atomic E-state index is 14.6. The van der Waals surface area contributed by atoms with Crippen LogP contribution in [0, 0.1) is 17.6 Å². The Morgan fingerprint density at radius 1 is 0.952 bits per heavy atom. The second kappa shape index (κ2) is 19.3. The molecule has 5 rings (SSSR count). The van der Waals surface area contributed by atoms with Gasteiger partial charge in [-0.3, -0.25) is 24.0 Å². The number of aliphatic hydroxyl groups is 1. The molecule has 22 heteroatoms. The first-order valence-electron chi connectivity index (χ1n) is 19.8. The van der Waals surface area contributed by atoms with Gasteiger partial charge in [-0.1, -0.05) is 6.92 Å². The number of alkyl halides is 3. The Morgan fingerprint density at radius 3 is 2.21 bits per heavy atom. The van der Waals surface area contributed by atoms with Gasteiger partial charge in [0.2, 0.25) is 29.5 Å². The zero-order valence-electron chi connectivity index (χ0n) is 34.3. The number of benzene rings is 2. The summed E-state index contributed by atoms with van der Waals surface area (Å²) >= 11 is 0. The van der Waals surface area contributed by atoms with Crippen LogP contribution in [0.4, 0.5) is 32.4 Å². The number of carbonyl (C=O) groups excluding carboxylic acids is 7. The Kier molecular flexibility index (Phi) is 14.7. The van der Waals surface area contributed by atoms with Crippen LogP contribution in [0.15, 0.2) is 42.5 Å². The standard InChI is InChI=1S/C40H48F5N7O10/c1-19-13-30-38(59)61-22(4)31(37(58)51-12-6-7-29(51)36(57)50(5)32(21(3)53)34(55)46-20(2)35(56)52(30)18-19)49-33(54)28(16-23-14-24(41)17-25(42)15-23)48-39(60)47-26-8-10-27(11-9-26)62-40(43,44)45/h8-11,14-15,17,19-22,28-32,53H,6-7,12-13,16,18H2,1-5H3,(H,46,55)(H,49,54)(H2,47,48,60)/t19-,20-,21-,22-,28-,29-,30-,31-,32-/m0/s1. The van der Waals surface area contributed by atoms with Crippen molar-refractivity contribution in [2.24, 2.45) is 5.92 Å². The van der Waals surface area contributed by atoms with Crippen molar-refractivity contribution in [3.63, 3.8) is 0 Å². The summed E-state index contributed by atoms with van der Waals surface area (Å²) in [5.41, 5.74) is -0.186. The molecule has 0 unspecified atom stereocenters. The molecule has 3 saturated heterocycles. The zero-order valence-corrected chi connectivity index (χ0v) is 34.3. The number of hydrogen-bond donors (Lipinski definition) is 5. The van der Waals surface area contributed by atoms with Crippen LogP contribution in [0.1, 0.15) is 52.5 Å². The largest absolute Gasteiger partial charge is 0.573 e. The third-order valence-electron chi connectivity index (χ3n) is 10.8. The molecule has 3 heterocycles. The van der Waals surface area contributed by atoms with E-state index in [1.54, 1.807) is 6.92 Å². The average Bonchev–Trinajstić information content (AvgIpc) is 3.82. The van der Waals surface area contributed by atoms with Crippen LogP contribution in [-0.2, 0) is 39.9 Å². The predicted molar refractivity (Wildman–Crippen MR) is 206 cm³/mol. The molecule has 0 saturated carbocycles. The number of carbonyl (C=O) groups is 7. The Morgan fingerprint density at radius 2 is 1.60 bits per heavy atom. The number of esters is 1. The van der Waals surface area contributed by atoms with Crippen molar-refractivity contribution < 1.29 is 70.1 Å². The van der Waals surface area contributed by atoms with E-state index in [9.17, 15) is 60.6 Å². The van der Waals surface area contributed by atoms with Crippen molar-refractivity contribution in [3.05, 3.63) is 59.7 Å². The minimum Gasteiger partial charge on any atom is -0.458 e. The van der Waals surface area contributed by atoms with Crippen LogP contribution in [0.25, 0.3) is 0 Å². The number of fused-ring (bicyclic) bond motifs is 2. The highest BCUT2D eigenvalue weighted by molar-refractivity contribution is 5.98. The lowest BCUT2D eigenvalue weighted by molar-refractivity contribution is -0.274. The molecule has 338 valence electrons. The van der Waals surface area contributed by atoms with Crippen LogP contribution in [0.5, 0.6) is 5.75 Å². The molecule has 3 aliphatic rings. The molecule has 9 atom stereocenters. The van der Waals surface area contributed by atoms with E-state index >= 15 is 0 Å². The lowest BCUT2D eigenvalue weighted by atomic mass is 10.0. The fraction of sp³-hybridized carbons (Fsp3) is 0.525. The van der Waals surface area contributed by atoms with Crippen LogP contribution >= 0.6 is 0 Å². The molecule has 2 aromatic carbocycles. The Bertz CT molecular complexity index is 2020. The van der Waals surface area contributed by atoms with Gasteiger partial charge in [-0.2, -0.15) is 0 Å². The van der Waals surface area contributed by atoms with Crippen molar-refractivity contribution >= 4 is 47.2 Å². The number of ether oxygens (including phenoxy) is 2. The molecular weight excluding hydrogens is 833 g/mol. The van der Waals surface area contributed by atoms with Crippen LogP contribution in [0.2, 0.25) is 0 Å². The molecule has 0 radical (unpaired) electrons. The van der Waals surface area contributed by atoms with E-state index in [0.717, 1.165) is 46.2 Å². The fourth-order valence-electron chi connectivity index (χ4n) is 7.88. The molecular formula is C40H48F5N7O10. The summed E-state index contributed by atoms with van der Waals surface area (Å²) in [7, 11) is 1.25. The quantitative estimate of drug-likeness (QED) is 0.192. The number of nitrogens with zero attached hydrogens (tertiary/aromatic N) is 3. The number of rotatable bonds is 8. The number of nitrogens with one attached hydrogen (secondary N) is 4. The lowest BCUT2D eigenvalue weighted by Crippen LogP contribution is -2.63. The fourth-order valence-corrected chi connectivity index (χ4v) is 7.88. The molecule has 17 nitrogen and oxygen atoms in total. The zero-order chi connectivity index (χ0) is 45.8. The van der Waals surface area contributed by atoms with E-state index in [1.165, 1.54) is 32.7 Å². The Labute approximate surface area is 352 Å². The van der Waals surface area contributed by atoms with Gasteiger partial charge in [-0.15, -0.1) is 13.2 Å². The number of hydrogen-bond acceptors (Lipinski definition) is 10.